The zero-order valence-corrected chi connectivity index (χ0v) is 9.73. The Balaban J connectivity index is 2.16. The first-order chi connectivity index (χ1) is 7.58. The van der Waals surface area contributed by atoms with E-state index in [0.717, 1.165) is 5.69 Å². The molecule has 0 saturated heterocycles. The Hall–Kier alpha value is -1.57. The maximum Gasteiger partial charge on any atom is 0.156 e. The molecule has 0 radical (unpaired) electrons. The fourth-order valence-corrected chi connectivity index (χ4v) is 2.04. The highest BCUT2D eigenvalue weighted by atomic mass is 16.1. The third-order valence-corrected chi connectivity index (χ3v) is 3.04. The van der Waals surface area contributed by atoms with Crippen molar-refractivity contribution in [2.24, 2.45) is 5.41 Å². The molecule has 0 saturated carbocycles. The van der Waals surface area contributed by atoms with Crippen LogP contribution in [-0.4, -0.2) is 11.8 Å². The number of allylic oxidation sites excluding steroid dienone is 1. The Morgan fingerprint density at radius 1 is 1.25 bits per heavy atom. The van der Waals surface area contributed by atoms with Gasteiger partial charge in [-0.15, -0.1) is 0 Å². The molecule has 0 heterocycles. The summed E-state index contributed by atoms with van der Waals surface area (Å²) >= 11 is 0. The topological polar surface area (TPSA) is 29.1 Å². The molecular formula is C14H17NO. The van der Waals surface area contributed by atoms with Crippen molar-refractivity contribution in [1.29, 1.82) is 0 Å². The standard InChI is InChI=1S/C14H17NO/c1-14(2)10-12(16)8-9-13(14)15-11-6-4-3-5-7-11/h3-9,13,15H,10H2,1-2H3. The number of para-hydroxylation sites is 1. The van der Waals surface area contributed by atoms with Gasteiger partial charge < -0.3 is 5.32 Å². The summed E-state index contributed by atoms with van der Waals surface area (Å²) in [6, 6.07) is 10.3. The lowest BCUT2D eigenvalue weighted by molar-refractivity contribution is -0.117. The molecule has 0 bridgehead atoms. The molecule has 84 valence electrons. The number of carbonyl (C=O) groups is 1. The van der Waals surface area contributed by atoms with E-state index in [1.807, 2.05) is 36.4 Å². The minimum atomic E-state index is -0.0261. The van der Waals surface area contributed by atoms with E-state index in [9.17, 15) is 4.79 Å². The molecule has 1 N–H and O–H groups in total. The van der Waals surface area contributed by atoms with Crippen LogP contribution in [0.5, 0.6) is 0 Å². The number of benzene rings is 1. The van der Waals surface area contributed by atoms with E-state index in [-0.39, 0.29) is 17.2 Å². The molecule has 0 fully saturated rings. The van der Waals surface area contributed by atoms with Gasteiger partial charge in [0.15, 0.2) is 5.78 Å². The number of carbonyl (C=O) groups excluding carboxylic acids is 1. The highest BCUT2D eigenvalue weighted by Gasteiger charge is 2.32. The average Bonchev–Trinajstić information content (AvgIpc) is 2.23. The highest BCUT2D eigenvalue weighted by molar-refractivity contribution is 5.91. The smallest absolute Gasteiger partial charge is 0.156 e. The Morgan fingerprint density at radius 2 is 1.94 bits per heavy atom. The van der Waals surface area contributed by atoms with E-state index in [2.05, 4.69) is 19.2 Å². The fourth-order valence-electron chi connectivity index (χ4n) is 2.04. The molecule has 0 aromatic heterocycles. The number of anilines is 1. The van der Waals surface area contributed by atoms with Crippen molar-refractivity contribution in [2.45, 2.75) is 26.3 Å². The lowest BCUT2D eigenvalue weighted by atomic mass is 9.76. The van der Waals surface area contributed by atoms with Crippen molar-refractivity contribution in [3.63, 3.8) is 0 Å². The summed E-state index contributed by atoms with van der Waals surface area (Å²) in [4.78, 5) is 11.4. The predicted molar refractivity (Wildman–Crippen MR) is 66.4 cm³/mol. The van der Waals surface area contributed by atoms with Crippen LogP contribution in [0, 0.1) is 5.41 Å². The van der Waals surface area contributed by atoms with Gasteiger partial charge in [0.1, 0.15) is 0 Å². The van der Waals surface area contributed by atoms with Gasteiger partial charge in [0.2, 0.25) is 0 Å². The number of nitrogens with one attached hydrogen (secondary N) is 1. The maximum absolute atomic E-state index is 11.4. The van der Waals surface area contributed by atoms with Crippen LogP contribution in [0.1, 0.15) is 20.3 Å². The first-order valence-corrected chi connectivity index (χ1v) is 5.60. The molecule has 1 aromatic carbocycles. The summed E-state index contributed by atoms with van der Waals surface area (Å²) in [5.74, 6) is 0.219. The van der Waals surface area contributed by atoms with Gasteiger partial charge in [0.05, 0.1) is 6.04 Å². The van der Waals surface area contributed by atoms with Gasteiger partial charge in [-0.05, 0) is 23.6 Å². The number of rotatable bonds is 2. The van der Waals surface area contributed by atoms with Gasteiger partial charge in [-0.1, -0.05) is 38.1 Å². The lowest BCUT2D eigenvalue weighted by Crippen LogP contribution is -2.38. The SMILES string of the molecule is CC1(C)CC(=O)C=CC1Nc1ccccc1. The molecule has 1 unspecified atom stereocenters. The van der Waals surface area contributed by atoms with E-state index >= 15 is 0 Å². The van der Waals surface area contributed by atoms with Crippen molar-refractivity contribution in [2.75, 3.05) is 5.32 Å². The Morgan fingerprint density at radius 3 is 2.56 bits per heavy atom. The minimum absolute atomic E-state index is 0.0261. The van der Waals surface area contributed by atoms with Crippen LogP contribution < -0.4 is 5.32 Å². The molecule has 1 aliphatic carbocycles. The molecule has 2 nitrogen and oxygen atoms in total. The van der Waals surface area contributed by atoms with E-state index in [1.165, 1.54) is 0 Å². The van der Waals surface area contributed by atoms with Crippen molar-refractivity contribution in [3.05, 3.63) is 42.5 Å². The average molecular weight is 215 g/mol. The summed E-state index contributed by atoms with van der Waals surface area (Å²) < 4.78 is 0. The van der Waals surface area contributed by atoms with Crippen molar-refractivity contribution in [3.8, 4) is 0 Å². The quantitative estimate of drug-likeness (QED) is 0.821. The molecule has 0 amide bonds. The van der Waals surface area contributed by atoms with Crippen LogP contribution in [0.2, 0.25) is 0 Å². The monoisotopic (exact) mass is 215 g/mol. The Labute approximate surface area is 96.4 Å². The van der Waals surface area contributed by atoms with E-state index < -0.39 is 0 Å². The maximum atomic E-state index is 11.4. The molecule has 2 heteroatoms. The molecule has 2 rings (SSSR count). The van der Waals surface area contributed by atoms with Crippen molar-refractivity contribution >= 4 is 11.5 Å². The summed E-state index contributed by atoms with van der Waals surface area (Å²) in [7, 11) is 0. The normalized spacial score (nSPS) is 23.1. The van der Waals surface area contributed by atoms with Gasteiger partial charge in [0, 0.05) is 12.1 Å². The summed E-state index contributed by atoms with van der Waals surface area (Å²) in [5.41, 5.74) is 1.07. The van der Waals surface area contributed by atoms with Crippen LogP contribution in [0.25, 0.3) is 0 Å². The van der Waals surface area contributed by atoms with E-state index in [0.29, 0.717) is 6.42 Å². The van der Waals surface area contributed by atoms with Gasteiger partial charge in [-0.2, -0.15) is 0 Å². The summed E-state index contributed by atoms with van der Waals surface area (Å²) in [5, 5.41) is 3.45. The third kappa shape index (κ3) is 2.32. The Kier molecular flexibility index (Phi) is 2.82. The van der Waals surface area contributed by atoms with Gasteiger partial charge in [0.25, 0.3) is 0 Å². The molecule has 1 atom stereocenters. The Bertz CT molecular complexity index is 406. The third-order valence-electron chi connectivity index (χ3n) is 3.04. The summed E-state index contributed by atoms with van der Waals surface area (Å²) in [6.45, 7) is 4.24. The zero-order chi connectivity index (χ0) is 11.6. The molecule has 0 aliphatic heterocycles. The van der Waals surface area contributed by atoms with E-state index in [1.54, 1.807) is 6.08 Å². The van der Waals surface area contributed by atoms with Crippen LogP contribution in [-0.2, 0) is 4.79 Å². The molecule has 0 spiro atoms. The fraction of sp³-hybridized carbons (Fsp3) is 0.357. The second kappa shape index (κ2) is 4.12. The molecule has 1 aliphatic rings. The summed E-state index contributed by atoms with van der Waals surface area (Å²) in [6.07, 6.45) is 4.26. The van der Waals surface area contributed by atoms with Crippen LogP contribution >= 0.6 is 0 Å². The molecular weight excluding hydrogens is 198 g/mol. The lowest BCUT2D eigenvalue weighted by Gasteiger charge is -2.35. The first kappa shape index (κ1) is 10.9. The van der Waals surface area contributed by atoms with Gasteiger partial charge >= 0.3 is 0 Å². The van der Waals surface area contributed by atoms with Gasteiger partial charge in [-0.25, -0.2) is 0 Å². The van der Waals surface area contributed by atoms with Crippen LogP contribution in [0.15, 0.2) is 42.5 Å². The number of hydrogen-bond acceptors (Lipinski definition) is 2. The second-order valence-electron chi connectivity index (χ2n) is 4.98. The predicted octanol–water partition coefficient (Wildman–Crippen LogP) is 3.02. The second-order valence-corrected chi connectivity index (χ2v) is 4.98. The first-order valence-electron chi connectivity index (χ1n) is 5.60. The number of hydrogen-bond donors (Lipinski definition) is 1. The molecule has 16 heavy (non-hydrogen) atoms. The van der Waals surface area contributed by atoms with Gasteiger partial charge in [-0.3, -0.25) is 4.79 Å². The zero-order valence-electron chi connectivity index (χ0n) is 9.73. The molecule has 1 aromatic rings. The van der Waals surface area contributed by atoms with Crippen molar-refractivity contribution < 1.29 is 4.79 Å². The largest absolute Gasteiger partial charge is 0.378 e. The number of ketones is 1. The minimum Gasteiger partial charge on any atom is -0.378 e. The van der Waals surface area contributed by atoms with Crippen molar-refractivity contribution in [1.82, 2.24) is 0 Å². The van der Waals surface area contributed by atoms with Crippen LogP contribution in [0.4, 0.5) is 5.69 Å². The highest BCUT2D eigenvalue weighted by Crippen LogP contribution is 2.32. The van der Waals surface area contributed by atoms with E-state index in [4.69, 9.17) is 0 Å². The van der Waals surface area contributed by atoms with Crippen LogP contribution in [0.3, 0.4) is 0 Å².